The van der Waals surface area contributed by atoms with Crippen molar-refractivity contribution < 1.29 is 27.5 Å². The molecule has 0 unspecified atom stereocenters. The number of nitrogens with zero attached hydrogens (tertiary/aromatic N) is 2. The third kappa shape index (κ3) is 4.59. The van der Waals surface area contributed by atoms with Crippen LogP contribution in [-0.4, -0.2) is 55.5 Å². The Hall–Kier alpha value is -2.85. The first-order valence-corrected chi connectivity index (χ1v) is 11.4. The minimum absolute atomic E-state index is 0.0501. The summed E-state index contributed by atoms with van der Waals surface area (Å²) < 4.78 is 39.4. The number of carbonyl (C=O) groups is 2. The number of hydrogen-bond acceptors (Lipinski definition) is 6. The summed E-state index contributed by atoms with van der Waals surface area (Å²) in [5.74, 6) is -0.534. The van der Waals surface area contributed by atoms with Crippen molar-refractivity contribution in [1.29, 1.82) is 0 Å². The molecule has 1 amide bonds. The molecule has 3 rings (SSSR count). The Morgan fingerprint density at radius 2 is 2.00 bits per heavy atom. The smallest absolute Gasteiger partial charge is 0.354 e. The number of esters is 1. The Labute approximate surface area is 182 Å². The number of nitrogens with one attached hydrogen (secondary N) is 1. The van der Waals surface area contributed by atoms with Crippen LogP contribution in [0.25, 0.3) is 0 Å². The Morgan fingerprint density at radius 3 is 2.68 bits per heavy atom. The van der Waals surface area contributed by atoms with Crippen molar-refractivity contribution >= 4 is 27.6 Å². The summed E-state index contributed by atoms with van der Waals surface area (Å²) in [5.41, 5.74) is 1.55. The molecule has 0 aliphatic carbocycles. The molecule has 1 aliphatic heterocycles. The van der Waals surface area contributed by atoms with E-state index in [1.165, 1.54) is 28.2 Å². The summed E-state index contributed by atoms with van der Waals surface area (Å²) >= 11 is 0. The number of sulfonamides is 1. The first-order chi connectivity index (χ1) is 14.7. The highest BCUT2D eigenvalue weighted by atomic mass is 32.2. The fraction of sp³-hybridized carbons (Fsp3) is 0.429. The van der Waals surface area contributed by atoms with Crippen molar-refractivity contribution in [2.24, 2.45) is 7.05 Å². The molecule has 2 heterocycles. The van der Waals surface area contributed by atoms with Gasteiger partial charge < -0.3 is 19.4 Å². The van der Waals surface area contributed by atoms with Gasteiger partial charge in [0.05, 0.1) is 19.4 Å². The number of ether oxygens (including phenoxy) is 2. The van der Waals surface area contributed by atoms with Gasteiger partial charge in [-0.15, -0.1) is 0 Å². The molecule has 10 heteroatoms. The molecule has 31 heavy (non-hydrogen) atoms. The third-order valence-corrected chi connectivity index (χ3v) is 7.06. The fourth-order valence-corrected chi connectivity index (χ4v) is 5.37. The molecular formula is C21H27N3O6S. The van der Waals surface area contributed by atoms with Gasteiger partial charge >= 0.3 is 5.97 Å². The number of anilines is 1. The average molecular weight is 450 g/mol. The topological polar surface area (TPSA) is 107 Å². The number of hydrogen-bond donors (Lipinski definition) is 1. The molecule has 9 nitrogen and oxygen atoms in total. The fourth-order valence-electron chi connectivity index (χ4n) is 3.64. The second-order valence-corrected chi connectivity index (χ2v) is 9.25. The summed E-state index contributed by atoms with van der Waals surface area (Å²) in [7, 11) is -0.910. The molecule has 1 N–H and O–H groups in total. The van der Waals surface area contributed by atoms with Gasteiger partial charge in [0.25, 0.3) is 0 Å². The predicted molar refractivity (Wildman–Crippen MR) is 115 cm³/mol. The van der Waals surface area contributed by atoms with Gasteiger partial charge in [0.1, 0.15) is 22.4 Å². The normalized spacial score (nSPS) is 16.8. The molecule has 168 valence electrons. The van der Waals surface area contributed by atoms with E-state index in [-0.39, 0.29) is 23.7 Å². The molecule has 2 aromatic rings. The number of aryl methyl sites for hydroxylation is 2. The Morgan fingerprint density at radius 1 is 1.26 bits per heavy atom. The summed E-state index contributed by atoms with van der Waals surface area (Å²) in [5, 5.41) is 2.80. The van der Waals surface area contributed by atoms with Crippen LogP contribution in [0.1, 0.15) is 35.8 Å². The summed E-state index contributed by atoms with van der Waals surface area (Å²) in [6.45, 7) is 3.96. The molecule has 1 aliphatic rings. The molecule has 1 aromatic carbocycles. The predicted octanol–water partition coefficient (Wildman–Crippen LogP) is 2.31. The molecule has 1 aromatic heterocycles. The Bertz CT molecular complexity index is 1090. The maximum absolute atomic E-state index is 13.3. The van der Waals surface area contributed by atoms with Gasteiger partial charge in [-0.25, -0.2) is 13.2 Å². The molecule has 0 saturated carbocycles. The lowest BCUT2D eigenvalue weighted by Gasteiger charge is -2.23. The summed E-state index contributed by atoms with van der Waals surface area (Å²) in [4.78, 5) is 25.0. The number of aromatic nitrogens is 1. The van der Waals surface area contributed by atoms with Gasteiger partial charge in [-0.05, 0) is 50.5 Å². The largest absolute Gasteiger partial charge is 0.495 e. The second kappa shape index (κ2) is 9.11. The highest BCUT2D eigenvalue weighted by Crippen LogP contribution is 2.30. The minimum atomic E-state index is -3.99. The number of rotatable bonds is 7. The lowest BCUT2D eigenvalue weighted by molar-refractivity contribution is -0.119. The van der Waals surface area contributed by atoms with Crippen LogP contribution in [0.15, 0.2) is 35.4 Å². The minimum Gasteiger partial charge on any atom is -0.495 e. The summed E-state index contributed by atoms with van der Waals surface area (Å²) in [6, 6.07) is 5.80. The molecule has 1 atom stereocenters. The van der Waals surface area contributed by atoms with E-state index >= 15 is 0 Å². The molecule has 1 fully saturated rings. The van der Waals surface area contributed by atoms with E-state index in [1.54, 1.807) is 26.1 Å². The van der Waals surface area contributed by atoms with E-state index in [0.29, 0.717) is 24.3 Å². The maximum Gasteiger partial charge on any atom is 0.354 e. The average Bonchev–Trinajstić information content (AvgIpc) is 3.36. The molecule has 0 spiro atoms. The van der Waals surface area contributed by atoms with E-state index in [4.69, 9.17) is 9.47 Å². The van der Waals surface area contributed by atoms with E-state index < -0.39 is 27.9 Å². The van der Waals surface area contributed by atoms with Crippen molar-refractivity contribution in [1.82, 2.24) is 8.87 Å². The zero-order valence-corrected chi connectivity index (χ0v) is 18.9. The third-order valence-electron chi connectivity index (χ3n) is 5.19. The Balaban J connectivity index is 1.86. The molecule has 0 radical (unpaired) electrons. The monoisotopic (exact) mass is 449 g/mol. The van der Waals surface area contributed by atoms with E-state index in [2.05, 4.69) is 5.32 Å². The van der Waals surface area contributed by atoms with Crippen LogP contribution < -0.4 is 10.1 Å². The lowest BCUT2D eigenvalue weighted by atomic mass is 10.1. The molecule has 1 saturated heterocycles. The van der Waals surface area contributed by atoms with Gasteiger partial charge in [0, 0.05) is 19.8 Å². The van der Waals surface area contributed by atoms with Crippen LogP contribution in [0.2, 0.25) is 0 Å². The highest BCUT2D eigenvalue weighted by molar-refractivity contribution is 7.89. The lowest BCUT2D eigenvalue weighted by Crippen LogP contribution is -2.43. The van der Waals surface area contributed by atoms with Gasteiger partial charge in [-0.3, -0.25) is 4.79 Å². The number of methoxy groups -OCH3 is 1. The van der Waals surface area contributed by atoms with E-state index in [9.17, 15) is 18.0 Å². The molecule has 0 bridgehead atoms. The highest BCUT2D eigenvalue weighted by Gasteiger charge is 2.40. The first-order valence-electron chi connectivity index (χ1n) is 9.99. The van der Waals surface area contributed by atoms with Crippen molar-refractivity contribution in [3.8, 4) is 5.75 Å². The van der Waals surface area contributed by atoms with Crippen LogP contribution in [-0.2, 0) is 26.6 Å². The van der Waals surface area contributed by atoms with Crippen LogP contribution in [0.5, 0.6) is 5.75 Å². The number of benzene rings is 1. The van der Waals surface area contributed by atoms with Crippen molar-refractivity contribution in [2.75, 3.05) is 25.6 Å². The van der Waals surface area contributed by atoms with Crippen molar-refractivity contribution in [3.63, 3.8) is 0 Å². The van der Waals surface area contributed by atoms with Gasteiger partial charge in [0.15, 0.2) is 0 Å². The van der Waals surface area contributed by atoms with Crippen LogP contribution in [0.4, 0.5) is 5.69 Å². The summed E-state index contributed by atoms with van der Waals surface area (Å²) in [6.07, 6.45) is 2.31. The zero-order valence-electron chi connectivity index (χ0n) is 18.0. The SMILES string of the molecule is CCOC(=O)c1cc(S(=O)(=O)N2CCC[C@@H]2C(=O)Nc2cc(C)ccc2OC)cn1C. The number of amides is 1. The molecular weight excluding hydrogens is 422 g/mol. The van der Waals surface area contributed by atoms with Crippen molar-refractivity contribution in [2.45, 2.75) is 37.6 Å². The Kier molecular flexibility index (Phi) is 6.71. The van der Waals surface area contributed by atoms with Gasteiger partial charge in [-0.2, -0.15) is 4.31 Å². The van der Waals surface area contributed by atoms with Crippen LogP contribution >= 0.6 is 0 Å². The van der Waals surface area contributed by atoms with Crippen LogP contribution in [0, 0.1) is 6.92 Å². The first kappa shape index (κ1) is 22.8. The second-order valence-electron chi connectivity index (χ2n) is 7.36. The van der Waals surface area contributed by atoms with E-state index in [0.717, 1.165) is 5.56 Å². The van der Waals surface area contributed by atoms with Gasteiger partial charge in [-0.1, -0.05) is 6.07 Å². The quantitative estimate of drug-likeness (QED) is 0.650. The standard InChI is InChI=1S/C21H27N3O6S/c1-5-30-21(26)18-12-15(13-23(18)3)31(27,28)24-10-6-7-17(24)20(25)22-16-11-14(2)8-9-19(16)29-4/h8-9,11-13,17H,5-7,10H2,1-4H3,(H,22,25)/t17-/m1/s1. The van der Waals surface area contributed by atoms with E-state index in [1.807, 2.05) is 13.0 Å². The van der Waals surface area contributed by atoms with Crippen molar-refractivity contribution in [3.05, 3.63) is 41.7 Å². The zero-order chi connectivity index (χ0) is 22.8. The maximum atomic E-state index is 13.3. The number of carbonyl (C=O) groups excluding carboxylic acids is 2. The van der Waals surface area contributed by atoms with Gasteiger partial charge in [0.2, 0.25) is 15.9 Å². The van der Waals surface area contributed by atoms with Crippen LogP contribution in [0.3, 0.4) is 0 Å².